The number of nitro groups is 3. The van der Waals surface area contributed by atoms with Crippen LogP contribution < -0.4 is 21.3 Å². The molecular formula is C26H20FN7O10. The van der Waals surface area contributed by atoms with Crippen molar-refractivity contribution in [3.63, 3.8) is 0 Å². The van der Waals surface area contributed by atoms with Crippen LogP contribution >= 0.6 is 0 Å². The summed E-state index contributed by atoms with van der Waals surface area (Å²) in [5.41, 5.74) is -1.12. The topological polar surface area (TPSA) is 252 Å². The van der Waals surface area contributed by atoms with Crippen LogP contribution in [-0.4, -0.2) is 37.0 Å². The minimum absolute atomic E-state index is 0.0311. The molecule has 0 spiro atoms. The lowest BCUT2D eigenvalue weighted by atomic mass is 10.2. The van der Waals surface area contributed by atoms with Crippen molar-refractivity contribution in [3.05, 3.63) is 121 Å². The summed E-state index contributed by atoms with van der Waals surface area (Å²) in [7, 11) is 0. The summed E-state index contributed by atoms with van der Waals surface area (Å²) in [6, 6.07) is 15.8. The highest BCUT2D eigenvalue weighted by molar-refractivity contribution is 6.02. The van der Waals surface area contributed by atoms with Gasteiger partial charge in [-0.1, -0.05) is 24.3 Å². The first-order valence-corrected chi connectivity index (χ1v) is 11.9. The molecule has 4 amide bonds. The number of carbonyl (C=O) groups is 2. The van der Waals surface area contributed by atoms with Gasteiger partial charge in [0.15, 0.2) is 0 Å². The van der Waals surface area contributed by atoms with Crippen LogP contribution in [0.4, 0.5) is 53.8 Å². The molecule has 0 bridgehead atoms. The molecule has 0 heterocycles. The van der Waals surface area contributed by atoms with Gasteiger partial charge in [-0.25, -0.2) is 14.0 Å². The van der Waals surface area contributed by atoms with E-state index in [-0.39, 0.29) is 39.8 Å². The predicted octanol–water partition coefficient (Wildman–Crippen LogP) is 5.94. The fourth-order valence-electron chi connectivity index (χ4n) is 3.33. The molecule has 226 valence electrons. The number of non-ortho nitro benzene ring substituents is 2. The Labute approximate surface area is 245 Å². The molecule has 4 aromatic rings. The van der Waals surface area contributed by atoms with Gasteiger partial charge >= 0.3 is 12.1 Å². The summed E-state index contributed by atoms with van der Waals surface area (Å²) in [4.78, 5) is 53.4. The van der Waals surface area contributed by atoms with Crippen molar-refractivity contribution < 1.29 is 39.0 Å². The number of amides is 4. The molecule has 17 nitrogen and oxygen atoms in total. The molecule has 0 saturated carbocycles. The zero-order valence-corrected chi connectivity index (χ0v) is 22.0. The minimum atomic E-state index is -0.844. The van der Waals surface area contributed by atoms with Crippen molar-refractivity contribution in [2.75, 3.05) is 21.3 Å². The molecule has 6 N–H and O–H groups in total. The summed E-state index contributed by atoms with van der Waals surface area (Å²) < 4.78 is 13.3. The van der Waals surface area contributed by atoms with Crippen molar-refractivity contribution in [1.82, 2.24) is 0 Å². The smallest absolute Gasteiger partial charge is 0.323 e. The molecule has 18 heteroatoms. The largest absolute Gasteiger partial charge is 0.506 e. The van der Waals surface area contributed by atoms with E-state index in [1.807, 2.05) is 0 Å². The zero-order chi connectivity index (χ0) is 32.4. The lowest BCUT2D eigenvalue weighted by Gasteiger charge is -2.09. The number of urea groups is 2. The normalized spacial score (nSPS) is 9.93. The first kappa shape index (κ1) is 31.7. The number of phenolic OH excluding ortho intramolecular Hbond substituents is 2. The van der Waals surface area contributed by atoms with Gasteiger partial charge in [-0.15, -0.1) is 0 Å². The third-order valence-electron chi connectivity index (χ3n) is 5.35. The maximum Gasteiger partial charge on any atom is 0.323 e. The van der Waals surface area contributed by atoms with Gasteiger partial charge in [0, 0.05) is 18.2 Å². The lowest BCUT2D eigenvalue weighted by molar-refractivity contribution is -0.385. The monoisotopic (exact) mass is 609 g/mol. The predicted molar refractivity (Wildman–Crippen MR) is 154 cm³/mol. The molecule has 0 fully saturated rings. The van der Waals surface area contributed by atoms with Gasteiger partial charge < -0.3 is 31.5 Å². The zero-order valence-electron chi connectivity index (χ0n) is 22.0. The van der Waals surface area contributed by atoms with E-state index in [4.69, 9.17) is 0 Å². The van der Waals surface area contributed by atoms with E-state index in [1.54, 1.807) is 6.07 Å². The van der Waals surface area contributed by atoms with E-state index in [9.17, 15) is 54.5 Å². The quantitative estimate of drug-likeness (QED) is 0.0817. The Morgan fingerprint density at radius 3 is 1.41 bits per heavy atom. The summed E-state index contributed by atoms with van der Waals surface area (Å²) in [6.45, 7) is 0. The Balaban J connectivity index is 0.000000241. The average molecular weight is 609 g/mol. The number of rotatable bonds is 7. The molecule has 0 unspecified atom stereocenters. The second-order valence-corrected chi connectivity index (χ2v) is 8.33. The maximum atomic E-state index is 13.3. The molecule has 0 radical (unpaired) electrons. The number of halogens is 1. The van der Waals surface area contributed by atoms with Crippen LogP contribution in [0.1, 0.15) is 0 Å². The van der Waals surface area contributed by atoms with Crippen molar-refractivity contribution in [1.29, 1.82) is 0 Å². The Hall–Kier alpha value is -6.85. The first-order chi connectivity index (χ1) is 20.8. The number of nitrogens with one attached hydrogen (secondary N) is 4. The van der Waals surface area contributed by atoms with E-state index in [2.05, 4.69) is 21.3 Å². The molecule has 4 rings (SSSR count). The molecule has 0 aliphatic rings. The number of para-hydroxylation sites is 3. The van der Waals surface area contributed by atoms with Gasteiger partial charge in [-0.3, -0.25) is 30.3 Å². The fourth-order valence-corrected chi connectivity index (χ4v) is 3.33. The number of anilines is 4. The lowest BCUT2D eigenvalue weighted by Crippen LogP contribution is -2.20. The van der Waals surface area contributed by atoms with E-state index in [0.29, 0.717) is 0 Å². The fraction of sp³-hybridized carbons (Fsp3) is 0. The van der Waals surface area contributed by atoms with Gasteiger partial charge in [-0.2, -0.15) is 0 Å². The Morgan fingerprint density at radius 2 is 0.977 bits per heavy atom. The van der Waals surface area contributed by atoms with Crippen LogP contribution in [0.15, 0.2) is 84.9 Å². The molecule has 0 saturated heterocycles. The third-order valence-corrected chi connectivity index (χ3v) is 5.35. The highest BCUT2D eigenvalue weighted by Crippen LogP contribution is 2.29. The number of carbonyl (C=O) groups excluding carboxylic acids is 2. The van der Waals surface area contributed by atoms with Crippen molar-refractivity contribution in [2.45, 2.75) is 0 Å². The van der Waals surface area contributed by atoms with E-state index in [1.165, 1.54) is 48.5 Å². The van der Waals surface area contributed by atoms with Crippen molar-refractivity contribution >= 4 is 51.9 Å². The highest BCUT2D eigenvalue weighted by atomic mass is 19.1. The van der Waals surface area contributed by atoms with E-state index >= 15 is 0 Å². The van der Waals surface area contributed by atoms with Crippen molar-refractivity contribution in [2.24, 2.45) is 0 Å². The summed E-state index contributed by atoms with van der Waals surface area (Å²) in [5.74, 6) is -1.58. The minimum Gasteiger partial charge on any atom is -0.506 e. The molecule has 0 aliphatic heterocycles. The summed E-state index contributed by atoms with van der Waals surface area (Å²) in [5, 5.41) is 60.2. The standard InChI is InChI=1S/C13H10FN3O4.C13H10N4O6/c14-9-3-1-2-4-10(9)15-13(19)16-11-6-5-8(17(20)21)7-12(11)18;18-12-7-8(16(20)21)5-6-10(12)15-13(19)14-9-3-1-2-4-11(9)17(22)23/h1-7,18H,(H2,15,16,19);1-7,18H,(H2,14,15,19). The van der Waals surface area contributed by atoms with Crippen LogP contribution in [-0.2, 0) is 0 Å². The molecule has 0 aromatic heterocycles. The number of hydrogen-bond donors (Lipinski definition) is 6. The van der Waals surface area contributed by atoms with Crippen molar-refractivity contribution in [3.8, 4) is 11.5 Å². The van der Waals surface area contributed by atoms with Gasteiger partial charge in [-0.05, 0) is 30.3 Å². The Morgan fingerprint density at radius 1 is 0.568 bits per heavy atom. The van der Waals surface area contributed by atoms with E-state index in [0.717, 1.165) is 30.3 Å². The van der Waals surface area contributed by atoms with Gasteiger partial charge in [0.1, 0.15) is 23.0 Å². The highest BCUT2D eigenvalue weighted by Gasteiger charge is 2.17. The second kappa shape index (κ2) is 14.2. The SMILES string of the molecule is O=C(Nc1ccc([N+](=O)[O-])cc1O)Nc1ccccc1F.O=C(Nc1ccc([N+](=O)[O-])cc1O)Nc1ccccc1[N+](=O)[O-]. The number of phenols is 2. The average Bonchev–Trinajstić information content (AvgIpc) is 2.96. The molecular weight excluding hydrogens is 589 g/mol. The Kier molecular flexibility index (Phi) is 10.2. The van der Waals surface area contributed by atoms with Crippen LogP contribution in [0.2, 0.25) is 0 Å². The summed E-state index contributed by atoms with van der Waals surface area (Å²) in [6.07, 6.45) is 0. The number of benzene rings is 4. The van der Waals surface area contributed by atoms with Gasteiger partial charge in [0.25, 0.3) is 17.1 Å². The first-order valence-electron chi connectivity index (χ1n) is 11.9. The van der Waals surface area contributed by atoms with E-state index < -0.39 is 44.1 Å². The molecule has 4 aromatic carbocycles. The number of nitro benzene ring substituents is 3. The van der Waals surface area contributed by atoms with Crippen LogP contribution in [0, 0.1) is 36.2 Å². The van der Waals surface area contributed by atoms with Gasteiger partial charge in [0.05, 0.1) is 44.0 Å². The third kappa shape index (κ3) is 8.57. The Bertz CT molecular complexity index is 1750. The molecule has 0 atom stereocenters. The number of nitrogens with zero attached hydrogens (tertiary/aromatic N) is 3. The van der Waals surface area contributed by atoms with Crippen LogP contribution in [0.25, 0.3) is 0 Å². The maximum absolute atomic E-state index is 13.3. The van der Waals surface area contributed by atoms with Crippen LogP contribution in [0.5, 0.6) is 11.5 Å². The molecule has 0 aliphatic carbocycles. The van der Waals surface area contributed by atoms with Crippen LogP contribution in [0.3, 0.4) is 0 Å². The number of hydrogen-bond acceptors (Lipinski definition) is 10. The van der Waals surface area contributed by atoms with Gasteiger partial charge in [0.2, 0.25) is 0 Å². The summed E-state index contributed by atoms with van der Waals surface area (Å²) >= 11 is 0. The second-order valence-electron chi connectivity index (χ2n) is 8.33. The molecule has 44 heavy (non-hydrogen) atoms. The number of aromatic hydroxyl groups is 2.